The molecule has 2 N–H and O–H groups in total. The molecule has 1 aromatic carbocycles. The van der Waals surface area contributed by atoms with Gasteiger partial charge in [0, 0.05) is 37.9 Å². The van der Waals surface area contributed by atoms with Gasteiger partial charge in [-0.05, 0) is 55.2 Å². The average molecular weight is 472 g/mol. The SMILES string of the molecule is O=C(c1cc2[nH]c(=O)c3cnc(C4CCOCC4)n3c2cc1O)N1CCc2cc(C3CC3)cnc21. The van der Waals surface area contributed by atoms with E-state index in [1.807, 2.05) is 10.6 Å². The number of ether oxygens (including phenoxy) is 1. The van der Waals surface area contributed by atoms with Crippen LogP contribution in [0, 0.1) is 0 Å². The number of aromatic amines is 1. The molecule has 0 atom stereocenters. The second-order valence-corrected chi connectivity index (χ2v) is 9.80. The summed E-state index contributed by atoms with van der Waals surface area (Å²) >= 11 is 0. The molecule has 0 bridgehead atoms. The Balaban J connectivity index is 1.31. The molecule has 0 radical (unpaired) electrons. The van der Waals surface area contributed by atoms with E-state index < -0.39 is 0 Å². The summed E-state index contributed by atoms with van der Waals surface area (Å²) in [4.78, 5) is 40.0. The number of carbonyl (C=O) groups is 1. The Hall–Kier alpha value is -3.72. The van der Waals surface area contributed by atoms with Gasteiger partial charge in [0.2, 0.25) is 0 Å². The third-order valence-electron chi connectivity index (χ3n) is 7.56. The number of hydrogen-bond acceptors (Lipinski definition) is 6. The van der Waals surface area contributed by atoms with Crippen molar-refractivity contribution < 1.29 is 14.6 Å². The van der Waals surface area contributed by atoms with Crippen molar-refractivity contribution in [2.45, 2.75) is 43.9 Å². The minimum atomic E-state index is -0.328. The van der Waals surface area contributed by atoms with Gasteiger partial charge in [-0.1, -0.05) is 6.07 Å². The number of aromatic hydroxyl groups is 1. The summed E-state index contributed by atoms with van der Waals surface area (Å²) in [6, 6.07) is 5.29. The highest BCUT2D eigenvalue weighted by molar-refractivity contribution is 6.10. The number of hydrogen-bond donors (Lipinski definition) is 2. The highest BCUT2D eigenvalue weighted by atomic mass is 16.5. The fraction of sp³-hybridized carbons (Fsp3) is 0.385. The quantitative estimate of drug-likeness (QED) is 0.474. The number of aromatic nitrogens is 4. The number of amides is 1. The van der Waals surface area contributed by atoms with Crippen molar-refractivity contribution in [1.82, 2.24) is 19.4 Å². The van der Waals surface area contributed by atoms with E-state index in [1.54, 1.807) is 23.2 Å². The summed E-state index contributed by atoms with van der Waals surface area (Å²) in [5.41, 5.74) is 3.68. The number of nitrogens with one attached hydrogen (secondary N) is 1. The van der Waals surface area contributed by atoms with Crippen molar-refractivity contribution in [2.24, 2.45) is 0 Å². The van der Waals surface area contributed by atoms with Crippen molar-refractivity contribution in [3.63, 3.8) is 0 Å². The Morgan fingerprint density at radius 3 is 2.66 bits per heavy atom. The first kappa shape index (κ1) is 20.6. The monoisotopic (exact) mass is 471 g/mol. The molecular formula is C26H25N5O4. The number of benzene rings is 1. The summed E-state index contributed by atoms with van der Waals surface area (Å²) in [6.45, 7) is 1.81. The summed E-state index contributed by atoms with van der Waals surface area (Å²) in [7, 11) is 0. The van der Waals surface area contributed by atoms with Gasteiger partial charge in [0.25, 0.3) is 11.5 Å². The van der Waals surface area contributed by atoms with E-state index >= 15 is 0 Å². The minimum absolute atomic E-state index is 0.134. The van der Waals surface area contributed by atoms with Crippen LogP contribution in [0.3, 0.4) is 0 Å². The van der Waals surface area contributed by atoms with Gasteiger partial charge in [0.05, 0.1) is 22.8 Å². The van der Waals surface area contributed by atoms with E-state index in [1.165, 1.54) is 18.4 Å². The van der Waals surface area contributed by atoms with E-state index in [2.05, 4.69) is 21.0 Å². The molecule has 3 aliphatic rings. The Morgan fingerprint density at radius 2 is 1.86 bits per heavy atom. The van der Waals surface area contributed by atoms with Gasteiger partial charge in [0.1, 0.15) is 22.9 Å². The lowest BCUT2D eigenvalue weighted by molar-refractivity contribution is 0.0835. The lowest BCUT2D eigenvalue weighted by Gasteiger charge is -2.21. The number of imidazole rings is 1. The second kappa shape index (κ2) is 7.64. The average Bonchev–Trinajstić information content (AvgIpc) is 3.48. The van der Waals surface area contributed by atoms with E-state index in [-0.39, 0.29) is 28.7 Å². The number of carbonyl (C=O) groups excluding carboxylic acids is 1. The van der Waals surface area contributed by atoms with Crippen molar-refractivity contribution in [3.8, 4) is 5.75 Å². The second-order valence-electron chi connectivity index (χ2n) is 9.80. The van der Waals surface area contributed by atoms with Crippen LogP contribution in [0.2, 0.25) is 0 Å². The zero-order valence-electron chi connectivity index (χ0n) is 19.2. The number of pyridine rings is 1. The van der Waals surface area contributed by atoms with Crippen LogP contribution in [0.5, 0.6) is 5.75 Å². The number of phenolic OH excluding ortho intramolecular Hbond substituents is 1. The summed E-state index contributed by atoms with van der Waals surface area (Å²) in [5.74, 6) is 1.73. The van der Waals surface area contributed by atoms with Crippen LogP contribution in [0.15, 0.2) is 35.4 Å². The normalized spacial score (nSPS) is 18.5. The molecule has 3 aromatic heterocycles. The van der Waals surface area contributed by atoms with Gasteiger partial charge in [0.15, 0.2) is 0 Å². The highest BCUT2D eigenvalue weighted by Crippen LogP contribution is 2.42. The standard InChI is InChI=1S/C26H25N5O4/c32-22-11-20-19(29-25(33)21-13-28-24(31(20)21)15-4-7-35-8-5-15)10-18(22)26(34)30-6-3-16-9-17(14-1-2-14)12-27-23(16)30/h9-15,32H,1-8H2,(H,29,33). The van der Waals surface area contributed by atoms with Crippen molar-refractivity contribution in [3.05, 3.63) is 63.5 Å². The third-order valence-corrected chi connectivity index (χ3v) is 7.56. The number of fused-ring (bicyclic) bond motifs is 4. The van der Waals surface area contributed by atoms with Crippen molar-refractivity contribution >= 4 is 28.3 Å². The third kappa shape index (κ3) is 3.25. The topological polar surface area (TPSA) is 113 Å². The number of nitrogens with zero attached hydrogens (tertiary/aromatic N) is 4. The molecule has 7 rings (SSSR count). The Kier molecular flexibility index (Phi) is 4.51. The predicted octanol–water partition coefficient (Wildman–Crippen LogP) is 3.25. The number of phenols is 1. The fourth-order valence-electron chi connectivity index (χ4n) is 5.51. The number of rotatable bonds is 3. The summed E-state index contributed by atoms with van der Waals surface area (Å²) < 4.78 is 7.29. The molecule has 1 amide bonds. The maximum Gasteiger partial charge on any atom is 0.274 e. The number of H-pyrrole nitrogens is 1. The first-order chi connectivity index (χ1) is 17.1. The molecule has 35 heavy (non-hydrogen) atoms. The zero-order valence-corrected chi connectivity index (χ0v) is 19.2. The lowest BCUT2D eigenvalue weighted by atomic mass is 9.99. The summed E-state index contributed by atoms with van der Waals surface area (Å²) in [6.07, 6.45) is 8.22. The van der Waals surface area contributed by atoms with Crippen molar-refractivity contribution in [1.29, 1.82) is 0 Å². The zero-order chi connectivity index (χ0) is 23.7. The predicted molar refractivity (Wildman–Crippen MR) is 129 cm³/mol. The fourth-order valence-corrected chi connectivity index (χ4v) is 5.51. The largest absolute Gasteiger partial charge is 0.507 e. The molecule has 9 nitrogen and oxygen atoms in total. The molecule has 1 saturated heterocycles. The maximum absolute atomic E-state index is 13.5. The van der Waals surface area contributed by atoms with E-state index in [9.17, 15) is 14.7 Å². The van der Waals surface area contributed by atoms with Crippen LogP contribution in [-0.2, 0) is 11.2 Å². The Bertz CT molecular complexity index is 1560. The first-order valence-electron chi connectivity index (χ1n) is 12.2. The van der Waals surface area contributed by atoms with Gasteiger partial charge in [-0.2, -0.15) is 0 Å². The van der Waals surface area contributed by atoms with Gasteiger partial charge in [-0.3, -0.25) is 18.9 Å². The van der Waals surface area contributed by atoms with E-state index in [0.29, 0.717) is 48.0 Å². The van der Waals surface area contributed by atoms with Gasteiger partial charge in [-0.15, -0.1) is 0 Å². The molecule has 4 aromatic rings. The molecule has 1 aliphatic carbocycles. The molecular weight excluding hydrogens is 446 g/mol. The molecule has 0 unspecified atom stereocenters. The molecule has 9 heteroatoms. The van der Waals surface area contributed by atoms with Crippen LogP contribution in [0.4, 0.5) is 5.82 Å². The van der Waals surface area contributed by atoms with E-state index in [4.69, 9.17) is 4.74 Å². The highest BCUT2D eigenvalue weighted by Gasteiger charge is 2.32. The number of anilines is 1. The molecule has 5 heterocycles. The summed E-state index contributed by atoms with van der Waals surface area (Å²) in [5, 5.41) is 11.0. The molecule has 1 saturated carbocycles. The molecule has 0 spiro atoms. The molecule has 2 aliphatic heterocycles. The molecule has 178 valence electrons. The lowest BCUT2D eigenvalue weighted by Crippen LogP contribution is -2.29. The van der Waals surface area contributed by atoms with Crippen molar-refractivity contribution in [2.75, 3.05) is 24.7 Å². The Labute approximate surface area is 200 Å². The van der Waals surface area contributed by atoms with Crippen LogP contribution in [0.25, 0.3) is 16.6 Å². The van der Waals surface area contributed by atoms with E-state index in [0.717, 1.165) is 30.7 Å². The smallest absolute Gasteiger partial charge is 0.274 e. The maximum atomic E-state index is 13.5. The molecule has 2 fully saturated rings. The van der Waals surface area contributed by atoms with Crippen LogP contribution in [-0.4, -0.2) is 50.1 Å². The van der Waals surface area contributed by atoms with Gasteiger partial charge < -0.3 is 14.8 Å². The van der Waals surface area contributed by atoms with Crippen LogP contribution >= 0.6 is 0 Å². The minimum Gasteiger partial charge on any atom is -0.507 e. The van der Waals surface area contributed by atoms with Crippen LogP contribution in [0.1, 0.15) is 64.8 Å². The first-order valence-corrected chi connectivity index (χ1v) is 12.2. The van der Waals surface area contributed by atoms with Crippen LogP contribution < -0.4 is 10.5 Å². The Morgan fingerprint density at radius 1 is 1.03 bits per heavy atom. The van der Waals surface area contributed by atoms with Gasteiger partial charge in [-0.25, -0.2) is 9.97 Å². The van der Waals surface area contributed by atoms with Gasteiger partial charge >= 0.3 is 0 Å².